The second-order valence-electron chi connectivity index (χ2n) is 6.14. The molecule has 128 valence electrons. The quantitative estimate of drug-likeness (QED) is 0.457. The van der Waals surface area contributed by atoms with Gasteiger partial charge in [0.2, 0.25) is 11.8 Å². The molecular weight excluding hydrogens is 336 g/mol. The van der Waals surface area contributed by atoms with E-state index in [0.29, 0.717) is 11.8 Å². The minimum atomic E-state index is 0.446. The van der Waals surface area contributed by atoms with Crippen LogP contribution in [-0.2, 0) is 0 Å². The second kappa shape index (κ2) is 6.46. The van der Waals surface area contributed by atoms with Gasteiger partial charge in [-0.1, -0.05) is 36.4 Å². The van der Waals surface area contributed by atoms with Gasteiger partial charge in [-0.2, -0.15) is 0 Å². The largest absolute Gasteiger partial charge is 0.416 e. The molecule has 0 aliphatic rings. The van der Waals surface area contributed by atoms with Crippen molar-refractivity contribution >= 4 is 10.8 Å². The van der Waals surface area contributed by atoms with Crippen molar-refractivity contribution in [1.29, 1.82) is 0 Å². The summed E-state index contributed by atoms with van der Waals surface area (Å²) < 4.78 is 5.98. The molecule has 5 rings (SSSR count). The molecule has 0 N–H and O–H groups in total. The van der Waals surface area contributed by atoms with Crippen molar-refractivity contribution < 1.29 is 4.42 Å². The summed E-state index contributed by atoms with van der Waals surface area (Å²) in [6.07, 6.45) is 7.05. The maximum absolute atomic E-state index is 5.98. The Morgan fingerprint density at radius 3 is 2.33 bits per heavy atom. The van der Waals surface area contributed by atoms with E-state index in [1.165, 1.54) is 0 Å². The smallest absolute Gasteiger partial charge is 0.249 e. The number of pyridine rings is 2. The first-order chi connectivity index (χ1) is 13.4. The molecule has 0 aliphatic heterocycles. The van der Waals surface area contributed by atoms with E-state index in [-0.39, 0.29) is 0 Å². The van der Waals surface area contributed by atoms with Crippen LogP contribution in [0.4, 0.5) is 0 Å². The Morgan fingerprint density at radius 2 is 1.41 bits per heavy atom. The molecule has 0 saturated heterocycles. The van der Waals surface area contributed by atoms with Crippen LogP contribution in [0.5, 0.6) is 0 Å². The summed E-state index contributed by atoms with van der Waals surface area (Å²) in [6, 6.07) is 20.1. The number of fused-ring (bicyclic) bond motifs is 1. The van der Waals surface area contributed by atoms with Crippen molar-refractivity contribution in [2.45, 2.75) is 0 Å². The maximum Gasteiger partial charge on any atom is 0.249 e. The van der Waals surface area contributed by atoms with Gasteiger partial charge in [0.1, 0.15) is 0 Å². The molecular formula is C22H14N4O. The monoisotopic (exact) mass is 350 g/mol. The Kier molecular flexibility index (Phi) is 3.68. The second-order valence-corrected chi connectivity index (χ2v) is 6.14. The van der Waals surface area contributed by atoms with Crippen molar-refractivity contribution in [3.05, 3.63) is 85.5 Å². The third kappa shape index (κ3) is 2.85. The third-order valence-electron chi connectivity index (χ3n) is 4.44. The molecule has 0 radical (unpaired) electrons. The minimum Gasteiger partial charge on any atom is -0.416 e. The van der Waals surface area contributed by atoms with Crippen LogP contribution >= 0.6 is 0 Å². The van der Waals surface area contributed by atoms with Crippen LogP contribution in [0, 0.1) is 0 Å². The number of nitrogens with zero attached hydrogens (tertiary/aromatic N) is 4. The average molecular weight is 350 g/mol. The molecule has 0 amide bonds. The molecule has 0 atom stereocenters. The molecule has 27 heavy (non-hydrogen) atoms. The lowest BCUT2D eigenvalue weighted by Gasteiger charge is -2.03. The Balaban J connectivity index is 1.56. The normalized spacial score (nSPS) is 11.0. The predicted molar refractivity (Wildman–Crippen MR) is 104 cm³/mol. The molecule has 2 aromatic carbocycles. The van der Waals surface area contributed by atoms with Crippen LogP contribution in [-0.4, -0.2) is 20.2 Å². The SMILES string of the molecule is c1ccc2c(-c3nnc(-c4cncc(-c5ccncc5)c4)o3)cccc2c1. The number of hydrogen-bond acceptors (Lipinski definition) is 5. The van der Waals surface area contributed by atoms with Gasteiger partial charge in [0.25, 0.3) is 0 Å². The first-order valence-corrected chi connectivity index (χ1v) is 8.56. The fraction of sp³-hybridized carbons (Fsp3) is 0. The van der Waals surface area contributed by atoms with Gasteiger partial charge in [-0.25, -0.2) is 0 Å². The standard InChI is InChI=1S/C22H14N4O/c1-2-6-19-16(4-1)5-3-7-20(19)22-26-25-21(27-22)18-12-17(13-24-14-18)15-8-10-23-11-9-15/h1-14H. The van der Waals surface area contributed by atoms with E-state index in [0.717, 1.165) is 33.0 Å². The zero-order valence-corrected chi connectivity index (χ0v) is 14.3. The van der Waals surface area contributed by atoms with E-state index in [1.54, 1.807) is 24.8 Å². The maximum atomic E-state index is 5.98. The van der Waals surface area contributed by atoms with E-state index in [1.807, 2.05) is 42.5 Å². The van der Waals surface area contributed by atoms with E-state index < -0.39 is 0 Å². The highest BCUT2D eigenvalue weighted by molar-refractivity contribution is 5.94. The first-order valence-electron chi connectivity index (χ1n) is 8.56. The van der Waals surface area contributed by atoms with Gasteiger partial charge in [0, 0.05) is 35.9 Å². The molecule has 0 unspecified atom stereocenters. The van der Waals surface area contributed by atoms with Crippen LogP contribution < -0.4 is 0 Å². The molecule has 0 spiro atoms. The van der Waals surface area contributed by atoms with E-state index in [9.17, 15) is 0 Å². The van der Waals surface area contributed by atoms with Crippen molar-refractivity contribution in [1.82, 2.24) is 20.2 Å². The lowest BCUT2D eigenvalue weighted by atomic mass is 10.0. The molecule has 0 fully saturated rings. The van der Waals surface area contributed by atoms with Crippen LogP contribution in [0.15, 0.2) is 89.9 Å². The van der Waals surface area contributed by atoms with Crippen molar-refractivity contribution in [3.8, 4) is 34.0 Å². The zero-order chi connectivity index (χ0) is 18.1. The number of rotatable bonds is 3. The fourth-order valence-electron chi connectivity index (χ4n) is 3.12. The average Bonchev–Trinajstić information content (AvgIpc) is 3.24. The summed E-state index contributed by atoms with van der Waals surface area (Å²) in [5.74, 6) is 0.942. The molecule has 5 nitrogen and oxygen atoms in total. The molecule has 3 heterocycles. The Bertz CT molecular complexity index is 1230. The molecule has 5 aromatic rings. The van der Waals surface area contributed by atoms with E-state index in [2.05, 4.69) is 38.4 Å². The van der Waals surface area contributed by atoms with Crippen molar-refractivity contribution in [2.24, 2.45) is 0 Å². The van der Waals surface area contributed by atoms with Gasteiger partial charge in [0.15, 0.2) is 0 Å². The first kappa shape index (κ1) is 15.4. The van der Waals surface area contributed by atoms with Gasteiger partial charge in [-0.15, -0.1) is 10.2 Å². The van der Waals surface area contributed by atoms with Gasteiger partial charge < -0.3 is 4.42 Å². The number of aromatic nitrogens is 4. The summed E-state index contributed by atoms with van der Waals surface area (Å²) in [6.45, 7) is 0. The highest BCUT2D eigenvalue weighted by Crippen LogP contribution is 2.30. The molecule has 3 aromatic heterocycles. The summed E-state index contributed by atoms with van der Waals surface area (Å²) >= 11 is 0. The summed E-state index contributed by atoms with van der Waals surface area (Å²) in [5.41, 5.74) is 3.71. The van der Waals surface area contributed by atoms with Gasteiger partial charge in [0.05, 0.1) is 5.56 Å². The van der Waals surface area contributed by atoms with Gasteiger partial charge in [-0.05, 0) is 40.6 Å². The highest BCUT2D eigenvalue weighted by Gasteiger charge is 2.13. The topological polar surface area (TPSA) is 64.7 Å². The van der Waals surface area contributed by atoms with E-state index in [4.69, 9.17) is 4.42 Å². The summed E-state index contributed by atoms with van der Waals surface area (Å²) in [5, 5.41) is 10.7. The molecule has 0 aliphatic carbocycles. The molecule has 0 bridgehead atoms. The summed E-state index contributed by atoms with van der Waals surface area (Å²) in [7, 11) is 0. The van der Waals surface area contributed by atoms with Crippen molar-refractivity contribution in [2.75, 3.05) is 0 Å². The number of hydrogen-bond donors (Lipinski definition) is 0. The molecule has 0 saturated carbocycles. The summed E-state index contributed by atoms with van der Waals surface area (Å²) in [4.78, 5) is 8.37. The van der Waals surface area contributed by atoms with E-state index >= 15 is 0 Å². The van der Waals surface area contributed by atoms with Crippen LogP contribution in [0.2, 0.25) is 0 Å². The Hall–Kier alpha value is -3.86. The van der Waals surface area contributed by atoms with Crippen LogP contribution in [0.25, 0.3) is 44.8 Å². The van der Waals surface area contributed by atoms with Crippen LogP contribution in [0.3, 0.4) is 0 Å². The number of benzene rings is 2. The third-order valence-corrected chi connectivity index (χ3v) is 4.44. The lowest BCUT2D eigenvalue weighted by Crippen LogP contribution is -1.84. The van der Waals surface area contributed by atoms with Gasteiger partial charge >= 0.3 is 0 Å². The van der Waals surface area contributed by atoms with Gasteiger partial charge in [-0.3, -0.25) is 9.97 Å². The fourth-order valence-corrected chi connectivity index (χ4v) is 3.12. The zero-order valence-electron chi connectivity index (χ0n) is 14.3. The lowest BCUT2D eigenvalue weighted by molar-refractivity contribution is 0.585. The van der Waals surface area contributed by atoms with Crippen LogP contribution in [0.1, 0.15) is 0 Å². The van der Waals surface area contributed by atoms with Crippen molar-refractivity contribution in [3.63, 3.8) is 0 Å². The predicted octanol–water partition coefficient (Wildman–Crippen LogP) is 5.01. The minimum absolute atomic E-state index is 0.446. The Morgan fingerprint density at radius 1 is 0.630 bits per heavy atom. The molecule has 5 heteroatoms. The Labute approximate surface area is 155 Å². The highest BCUT2D eigenvalue weighted by atomic mass is 16.4.